The van der Waals surface area contributed by atoms with E-state index in [0.29, 0.717) is 12.2 Å². The molecule has 0 atom stereocenters. The maximum absolute atomic E-state index is 12.0. The fraction of sp³-hybridized carbons (Fsp3) is 0.455. The summed E-state index contributed by atoms with van der Waals surface area (Å²) in [7, 11) is -1.57. The monoisotopic (exact) mass is 240 g/mol. The molecule has 0 amide bonds. The molecule has 88 valence electrons. The average Bonchev–Trinajstić information content (AvgIpc) is 3.12. The van der Waals surface area contributed by atoms with Crippen molar-refractivity contribution in [2.75, 3.05) is 11.4 Å². The summed E-state index contributed by atoms with van der Waals surface area (Å²) in [5, 5.41) is -0.191. The molecule has 0 unspecified atom stereocenters. The lowest BCUT2D eigenvalue weighted by Crippen LogP contribution is -2.30. The number of rotatable bonds is 4. The molecule has 1 aliphatic rings. The molecule has 1 saturated carbocycles. The molecular weight excluding hydrogens is 224 g/mol. The van der Waals surface area contributed by atoms with Gasteiger partial charge in [0.25, 0.3) is 0 Å². The molecule has 0 aliphatic heterocycles. The number of nitrogens with two attached hydrogens (primary N) is 1. The van der Waals surface area contributed by atoms with Gasteiger partial charge in [-0.1, -0.05) is 18.2 Å². The number of nitrogens with zero attached hydrogens (tertiary/aromatic N) is 1. The summed E-state index contributed by atoms with van der Waals surface area (Å²) in [4.78, 5) is 0. The third-order valence-electron chi connectivity index (χ3n) is 2.88. The quantitative estimate of drug-likeness (QED) is 0.856. The summed E-state index contributed by atoms with van der Waals surface area (Å²) < 4.78 is 25.5. The van der Waals surface area contributed by atoms with Gasteiger partial charge in [-0.2, -0.15) is 0 Å². The fourth-order valence-electron chi connectivity index (χ4n) is 1.72. The van der Waals surface area contributed by atoms with E-state index in [9.17, 15) is 8.42 Å². The number of benzene rings is 1. The zero-order chi connectivity index (χ0) is 11.8. The van der Waals surface area contributed by atoms with Crippen LogP contribution in [0.25, 0.3) is 0 Å². The molecule has 4 nitrogen and oxygen atoms in total. The lowest BCUT2D eigenvalue weighted by atomic mass is 10.2. The molecule has 1 aromatic carbocycles. The standard InChI is InChI=1S/C11H16N2O2S/c1-13(16(14,15)10-6-7-10)11-5-3-2-4-9(11)8-12/h2-5,10H,6-8,12H2,1H3. The van der Waals surface area contributed by atoms with Crippen molar-refractivity contribution >= 4 is 15.7 Å². The average molecular weight is 240 g/mol. The number of anilines is 1. The minimum absolute atomic E-state index is 0.191. The van der Waals surface area contributed by atoms with E-state index in [2.05, 4.69) is 0 Å². The van der Waals surface area contributed by atoms with Crippen LogP contribution in [0.15, 0.2) is 24.3 Å². The van der Waals surface area contributed by atoms with E-state index in [-0.39, 0.29) is 5.25 Å². The summed E-state index contributed by atoms with van der Waals surface area (Å²) in [6.45, 7) is 0.348. The van der Waals surface area contributed by atoms with Crippen LogP contribution in [-0.4, -0.2) is 20.7 Å². The summed E-state index contributed by atoms with van der Waals surface area (Å²) >= 11 is 0. The minimum atomic E-state index is -3.17. The molecule has 1 fully saturated rings. The van der Waals surface area contributed by atoms with Gasteiger partial charge in [0.2, 0.25) is 10.0 Å². The summed E-state index contributed by atoms with van der Waals surface area (Å²) in [5.41, 5.74) is 7.15. The van der Waals surface area contributed by atoms with E-state index in [1.165, 1.54) is 4.31 Å². The lowest BCUT2D eigenvalue weighted by molar-refractivity contribution is 0.593. The minimum Gasteiger partial charge on any atom is -0.326 e. The van der Waals surface area contributed by atoms with Gasteiger partial charge in [-0.25, -0.2) is 8.42 Å². The van der Waals surface area contributed by atoms with Crippen LogP contribution in [0.4, 0.5) is 5.69 Å². The first-order valence-corrected chi connectivity index (χ1v) is 6.83. The number of para-hydroxylation sites is 1. The van der Waals surface area contributed by atoms with Gasteiger partial charge in [0.15, 0.2) is 0 Å². The van der Waals surface area contributed by atoms with Crippen molar-refractivity contribution in [3.8, 4) is 0 Å². The maximum atomic E-state index is 12.0. The molecule has 16 heavy (non-hydrogen) atoms. The SMILES string of the molecule is CN(c1ccccc1CN)S(=O)(=O)C1CC1. The van der Waals surface area contributed by atoms with E-state index in [1.807, 2.05) is 18.2 Å². The summed E-state index contributed by atoms with van der Waals surface area (Å²) in [6.07, 6.45) is 1.55. The molecule has 1 aromatic rings. The number of sulfonamides is 1. The van der Waals surface area contributed by atoms with E-state index in [1.54, 1.807) is 13.1 Å². The first kappa shape index (κ1) is 11.4. The second kappa shape index (κ2) is 4.07. The topological polar surface area (TPSA) is 63.4 Å². The van der Waals surface area contributed by atoms with Crippen molar-refractivity contribution in [1.29, 1.82) is 0 Å². The predicted octanol–water partition coefficient (Wildman–Crippen LogP) is 1.07. The lowest BCUT2D eigenvalue weighted by Gasteiger charge is -2.21. The van der Waals surface area contributed by atoms with Gasteiger partial charge in [-0.15, -0.1) is 0 Å². The van der Waals surface area contributed by atoms with Crippen LogP contribution in [0.3, 0.4) is 0 Å². The second-order valence-corrected chi connectivity index (χ2v) is 6.29. The zero-order valence-electron chi connectivity index (χ0n) is 9.26. The molecule has 5 heteroatoms. The van der Waals surface area contributed by atoms with Crippen molar-refractivity contribution in [2.45, 2.75) is 24.6 Å². The van der Waals surface area contributed by atoms with Crippen molar-refractivity contribution in [3.63, 3.8) is 0 Å². The highest BCUT2D eigenvalue weighted by Gasteiger charge is 2.39. The maximum Gasteiger partial charge on any atom is 0.237 e. The van der Waals surface area contributed by atoms with Crippen LogP contribution >= 0.6 is 0 Å². The Morgan fingerprint density at radius 1 is 1.38 bits per heavy atom. The van der Waals surface area contributed by atoms with Crippen LogP contribution in [0.2, 0.25) is 0 Å². The van der Waals surface area contributed by atoms with Gasteiger partial charge >= 0.3 is 0 Å². The Balaban J connectivity index is 2.36. The highest BCUT2D eigenvalue weighted by atomic mass is 32.2. The molecule has 0 bridgehead atoms. The number of hydrogen-bond acceptors (Lipinski definition) is 3. The van der Waals surface area contributed by atoms with Crippen LogP contribution in [-0.2, 0) is 16.6 Å². The second-order valence-electron chi connectivity index (χ2n) is 4.04. The van der Waals surface area contributed by atoms with Gasteiger partial charge < -0.3 is 5.73 Å². The highest BCUT2D eigenvalue weighted by Crippen LogP contribution is 2.33. The van der Waals surface area contributed by atoms with Crippen LogP contribution in [0.1, 0.15) is 18.4 Å². The summed E-state index contributed by atoms with van der Waals surface area (Å²) in [5.74, 6) is 0. The molecular formula is C11H16N2O2S. The van der Waals surface area contributed by atoms with E-state index in [0.717, 1.165) is 18.4 Å². The molecule has 2 rings (SSSR count). The summed E-state index contributed by atoms with van der Waals surface area (Å²) in [6, 6.07) is 7.34. The number of hydrogen-bond donors (Lipinski definition) is 1. The van der Waals surface area contributed by atoms with E-state index >= 15 is 0 Å². The first-order chi connectivity index (χ1) is 7.57. The van der Waals surface area contributed by atoms with Crippen molar-refractivity contribution in [1.82, 2.24) is 0 Å². The molecule has 0 spiro atoms. The Morgan fingerprint density at radius 2 is 2.00 bits per heavy atom. The normalized spacial score (nSPS) is 16.1. The fourth-order valence-corrected chi connectivity index (χ4v) is 3.35. The Bertz CT molecular complexity index is 481. The Labute approximate surface area is 96.1 Å². The Hall–Kier alpha value is -1.07. The van der Waals surface area contributed by atoms with Gasteiger partial charge in [0, 0.05) is 13.6 Å². The zero-order valence-corrected chi connectivity index (χ0v) is 10.1. The largest absolute Gasteiger partial charge is 0.326 e. The van der Waals surface area contributed by atoms with E-state index < -0.39 is 10.0 Å². The molecule has 0 heterocycles. The van der Waals surface area contributed by atoms with Gasteiger partial charge in [0.1, 0.15) is 0 Å². The third kappa shape index (κ3) is 1.92. The molecule has 0 aromatic heterocycles. The van der Waals surface area contributed by atoms with Gasteiger partial charge in [-0.3, -0.25) is 4.31 Å². The van der Waals surface area contributed by atoms with Crippen LogP contribution in [0.5, 0.6) is 0 Å². The van der Waals surface area contributed by atoms with Crippen molar-refractivity contribution in [2.24, 2.45) is 5.73 Å². The molecule has 2 N–H and O–H groups in total. The van der Waals surface area contributed by atoms with Crippen molar-refractivity contribution < 1.29 is 8.42 Å². The van der Waals surface area contributed by atoms with Crippen molar-refractivity contribution in [3.05, 3.63) is 29.8 Å². The molecule has 0 radical (unpaired) electrons. The smallest absolute Gasteiger partial charge is 0.237 e. The Morgan fingerprint density at radius 3 is 2.56 bits per heavy atom. The molecule has 0 saturated heterocycles. The first-order valence-electron chi connectivity index (χ1n) is 5.33. The third-order valence-corrected chi connectivity index (χ3v) is 5.15. The Kier molecular flexibility index (Phi) is 2.90. The van der Waals surface area contributed by atoms with Gasteiger partial charge in [-0.05, 0) is 24.5 Å². The van der Waals surface area contributed by atoms with E-state index in [4.69, 9.17) is 5.73 Å². The van der Waals surface area contributed by atoms with Crippen LogP contribution in [0, 0.1) is 0 Å². The highest BCUT2D eigenvalue weighted by molar-refractivity contribution is 7.93. The van der Waals surface area contributed by atoms with Crippen LogP contribution < -0.4 is 10.0 Å². The van der Waals surface area contributed by atoms with Gasteiger partial charge in [0.05, 0.1) is 10.9 Å². The predicted molar refractivity (Wildman–Crippen MR) is 64.7 cm³/mol. The molecule has 1 aliphatic carbocycles.